The molecule has 0 aliphatic carbocycles. The molecule has 0 saturated heterocycles. The van der Waals surface area contributed by atoms with Crippen LogP contribution in [0.2, 0.25) is 0 Å². The lowest BCUT2D eigenvalue weighted by Crippen LogP contribution is -1.96. The first-order valence-corrected chi connectivity index (χ1v) is 8.50. The second-order valence-electron chi connectivity index (χ2n) is 5.99. The van der Waals surface area contributed by atoms with Gasteiger partial charge in [0.25, 0.3) is 0 Å². The molecule has 0 spiro atoms. The van der Waals surface area contributed by atoms with Crippen molar-refractivity contribution in [2.45, 2.75) is 59.8 Å². The van der Waals surface area contributed by atoms with Crippen molar-refractivity contribution < 1.29 is 0 Å². The van der Waals surface area contributed by atoms with Crippen molar-refractivity contribution in [3.05, 3.63) is 72.4 Å². The Balaban J connectivity index is 4.79. The molecule has 1 unspecified atom stereocenters. The van der Waals surface area contributed by atoms with Crippen molar-refractivity contribution in [2.75, 3.05) is 0 Å². The maximum absolute atomic E-state index is 4.20. The fraction of sp³-hybridized carbons (Fsp3) is 0.455. The van der Waals surface area contributed by atoms with E-state index in [1.807, 2.05) is 6.08 Å². The van der Waals surface area contributed by atoms with E-state index in [1.165, 1.54) is 30.4 Å². The van der Waals surface area contributed by atoms with Crippen LogP contribution in [0.25, 0.3) is 0 Å². The molecule has 0 heterocycles. The summed E-state index contributed by atoms with van der Waals surface area (Å²) in [5, 5.41) is 0. The Kier molecular flexibility index (Phi) is 10.3. The minimum Gasteiger partial charge on any atom is -0.0958 e. The maximum Gasteiger partial charge on any atom is -0.0196 e. The molecular formula is C22H34. The molecule has 0 aliphatic rings. The van der Waals surface area contributed by atoms with Crippen LogP contribution in [-0.2, 0) is 0 Å². The quantitative estimate of drug-likeness (QED) is 0.350. The van der Waals surface area contributed by atoms with Crippen molar-refractivity contribution in [2.24, 2.45) is 5.92 Å². The Morgan fingerprint density at radius 3 is 2.09 bits per heavy atom. The van der Waals surface area contributed by atoms with Gasteiger partial charge in [0, 0.05) is 0 Å². The first-order chi connectivity index (χ1) is 10.4. The summed E-state index contributed by atoms with van der Waals surface area (Å²) in [6, 6.07) is 0. The first-order valence-electron chi connectivity index (χ1n) is 8.50. The van der Waals surface area contributed by atoms with Crippen LogP contribution in [0.5, 0.6) is 0 Å². The lowest BCUT2D eigenvalue weighted by Gasteiger charge is -2.12. The molecule has 0 saturated carbocycles. The summed E-state index contributed by atoms with van der Waals surface area (Å²) in [6.07, 6.45) is 11.9. The number of hydrogen-bond donors (Lipinski definition) is 0. The van der Waals surface area contributed by atoms with E-state index in [-0.39, 0.29) is 0 Å². The van der Waals surface area contributed by atoms with Gasteiger partial charge in [-0.1, -0.05) is 96.2 Å². The van der Waals surface area contributed by atoms with E-state index >= 15 is 0 Å². The van der Waals surface area contributed by atoms with E-state index < -0.39 is 0 Å². The van der Waals surface area contributed by atoms with Crippen LogP contribution in [0.4, 0.5) is 0 Å². The zero-order chi connectivity index (χ0) is 17.1. The van der Waals surface area contributed by atoms with Crippen LogP contribution < -0.4 is 0 Å². The summed E-state index contributed by atoms with van der Waals surface area (Å²) >= 11 is 0. The highest BCUT2D eigenvalue weighted by Gasteiger charge is 2.06. The number of rotatable bonds is 11. The van der Waals surface area contributed by atoms with Crippen LogP contribution in [0.3, 0.4) is 0 Å². The Bertz CT molecular complexity index is 468. The fourth-order valence-corrected chi connectivity index (χ4v) is 2.13. The van der Waals surface area contributed by atoms with Crippen LogP contribution >= 0.6 is 0 Å². The van der Waals surface area contributed by atoms with E-state index in [1.54, 1.807) is 0 Å². The summed E-state index contributed by atoms with van der Waals surface area (Å²) in [4.78, 5) is 0. The van der Waals surface area contributed by atoms with Gasteiger partial charge in [-0.05, 0) is 41.9 Å². The summed E-state index contributed by atoms with van der Waals surface area (Å²) in [5.41, 5.74) is 5.48. The van der Waals surface area contributed by atoms with E-state index in [9.17, 15) is 0 Å². The Morgan fingerprint density at radius 1 is 0.955 bits per heavy atom. The molecule has 22 heavy (non-hydrogen) atoms. The monoisotopic (exact) mass is 298 g/mol. The molecule has 122 valence electrons. The van der Waals surface area contributed by atoms with Gasteiger partial charge >= 0.3 is 0 Å². The molecule has 0 rings (SSSR count). The highest BCUT2D eigenvalue weighted by Crippen LogP contribution is 2.24. The van der Waals surface area contributed by atoms with Crippen LogP contribution in [0.15, 0.2) is 72.4 Å². The predicted molar refractivity (Wildman–Crippen MR) is 103 cm³/mol. The van der Waals surface area contributed by atoms with Crippen molar-refractivity contribution in [3.63, 3.8) is 0 Å². The molecule has 0 aliphatic heterocycles. The van der Waals surface area contributed by atoms with Crippen molar-refractivity contribution in [1.29, 1.82) is 0 Å². The van der Waals surface area contributed by atoms with Gasteiger partial charge in [0.05, 0.1) is 0 Å². The average Bonchev–Trinajstić information content (AvgIpc) is 2.53. The third kappa shape index (κ3) is 7.45. The van der Waals surface area contributed by atoms with Crippen molar-refractivity contribution in [3.8, 4) is 0 Å². The number of allylic oxidation sites excluding steroid dienone is 8. The molecule has 1 atom stereocenters. The molecule has 0 aromatic rings. The Labute approximate surface area is 138 Å². The summed E-state index contributed by atoms with van der Waals surface area (Å²) in [6.45, 7) is 25.3. The zero-order valence-electron chi connectivity index (χ0n) is 15.2. The molecule has 0 radical (unpaired) electrons. The second kappa shape index (κ2) is 11.1. The third-order valence-electron chi connectivity index (χ3n) is 4.11. The van der Waals surface area contributed by atoms with Gasteiger partial charge in [-0.2, -0.15) is 0 Å². The van der Waals surface area contributed by atoms with Gasteiger partial charge in [0.15, 0.2) is 0 Å². The largest absolute Gasteiger partial charge is 0.0958 e. The van der Waals surface area contributed by atoms with Gasteiger partial charge in [0.2, 0.25) is 0 Å². The van der Waals surface area contributed by atoms with Crippen LogP contribution in [0, 0.1) is 5.92 Å². The van der Waals surface area contributed by atoms with E-state index in [0.717, 1.165) is 29.6 Å². The van der Waals surface area contributed by atoms with E-state index in [2.05, 4.69) is 66.2 Å². The van der Waals surface area contributed by atoms with Gasteiger partial charge < -0.3 is 0 Å². The average molecular weight is 299 g/mol. The zero-order valence-corrected chi connectivity index (χ0v) is 15.2. The SMILES string of the molecule is C=C(/C=C(/CC)C(=C)C(=C)/C=C\C(=C)C(C)CCCC)CC. The molecule has 0 N–H and O–H groups in total. The minimum atomic E-state index is 0.526. The molecule has 0 amide bonds. The van der Waals surface area contributed by atoms with Crippen LogP contribution in [-0.4, -0.2) is 0 Å². The smallest absolute Gasteiger partial charge is 0.0196 e. The number of hydrogen-bond acceptors (Lipinski definition) is 0. The molecule has 0 fully saturated rings. The minimum absolute atomic E-state index is 0.526. The van der Waals surface area contributed by atoms with Gasteiger partial charge in [0.1, 0.15) is 0 Å². The fourth-order valence-electron chi connectivity index (χ4n) is 2.13. The Hall–Kier alpha value is -1.56. The van der Waals surface area contributed by atoms with Crippen molar-refractivity contribution >= 4 is 0 Å². The highest BCUT2D eigenvalue weighted by molar-refractivity contribution is 5.51. The molecule has 0 aromatic heterocycles. The molecule has 0 aromatic carbocycles. The molecule has 0 heteroatoms. The standard InChI is InChI=1S/C22H34/c1-9-12-13-18(5)19(6)14-15-20(7)21(8)22(11-3)16-17(4)10-2/h14-16,18H,4,6-13H2,1-3,5H3/b15-14-,22-16-. The van der Waals surface area contributed by atoms with E-state index in [0.29, 0.717) is 5.92 Å². The maximum atomic E-state index is 4.20. The second-order valence-corrected chi connectivity index (χ2v) is 5.99. The lowest BCUT2D eigenvalue weighted by atomic mass is 9.93. The van der Waals surface area contributed by atoms with Gasteiger partial charge in [-0.15, -0.1) is 0 Å². The molecular weight excluding hydrogens is 264 g/mol. The van der Waals surface area contributed by atoms with Gasteiger partial charge in [-0.25, -0.2) is 0 Å². The lowest BCUT2D eigenvalue weighted by molar-refractivity contribution is 0.582. The highest BCUT2D eigenvalue weighted by atomic mass is 14.1. The predicted octanol–water partition coefficient (Wildman–Crippen LogP) is 7.34. The number of unbranched alkanes of at least 4 members (excludes halogenated alkanes) is 1. The molecule has 0 nitrogen and oxygen atoms in total. The van der Waals surface area contributed by atoms with Gasteiger partial charge in [-0.3, -0.25) is 0 Å². The molecule has 0 bridgehead atoms. The van der Waals surface area contributed by atoms with Crippen molar-refractivity contribution in [1.82, 2.24) is 0 Å². The third-order valence-corrected chi connectivity index (χ3v) is 4.11. The Morgan fingerprint density at radius 2 is 1.59 bits per heavy atom. The summed E-state index contributed by atoms with van der Waals surface area (Å²) in [7, 11) is 0. The first kappa shape index (κ1) is 20.4. The summed E-state index contributed by atoms with van der Waals surface area (Å²) < 4.78 is 0. The topological polar surface area (TPSA) is 0 Å². The summed E-state index contributed by atoms with van der Waals surface area (Å²) in [5.74, 6) is 0.526. The van der Waals surface area contributed by atoms with Crippen LogP contribution in [0.1, 0.15) is 59.8 Å². The van der Waals surface area contributed by atoms with E-state index in [4.69, 9.17) is 0 Å². The normalized spacial score (nSPS) is 13.2.